The Bertz CT molecular complexity index is 707. The van der Waals surface area contributed by atoms with Crippen molar-refractivity contribution in [2.75, 3.05) is 7.11 Å². The van der Waals surface area contributed by atoms with Crippen LogP contribution in [0.2, 0.25) is 0 Å². The number of carbonyl (C=O) groups excluding carboxylic acids is 1. The second-order valence-corrected chi connectivity index (χ2v) is 9.49. The molecule has 2 saturated carbocycles. The number of aliphatic hydroxyl groups is 2. The molecule has 3 aliphatic rings. The molecule has 5 heteroatoms. The zero-order valence-electron chi connectivity index (χ0n) is 16.1. The second kappa shape index (κ2) is 5.83. The fourth-order valence-corrected chi connectivity index (χ4v) is 6.91. The van der Waals surface area contributed by atoms with Crippen molar-refractivity contribution >= 4 is 5.97 Å². The van der Waals surface area contributed by atoms with Gasteiger partial charge in [0.05, 0.1) is 31.5 Å². The smallest absolute Gasteiger partial charge is 0.313 e. The summed E-state index contributed by atoms with van der Waals surface area (Å²) in [5, 5.41) is 22.3. The van der Waals surface area contributed by atoms with E-state index in [-0.39, 0.29) is 34.6 Å². The molecule has 1 aromatic rings. The third kappa shape index (κ3) is 2.26. The molecule has 5 nitrogen and oxygen atoms in total. The largest absolute Gasteiger partial charge is 0.469 e. The molecule has 0 spiro atoms. The van der Waals surface area contributed by atoms with Crippen molar-refractivity contribution in [3.05, 3.63) is 23.7 Å². The van der Waals surface area contributed by atoms with E-state index in [1.807, 2.05) is 6.07 Å². The van der Waals surface area contributed by atoms with E-state index in [1.54, 1.807) is 6.26 Å². The fourth-order valence-electron chi connectivity index (χ4n) is 6.91. The highest BCUT2D eigenvalue weighted by Crippen LogP contribution is 2.64. The summed E-state index contributed by atoms with van der Waals surface area (Å²) in [6, 6.07) is 1.81. The van der Waals surface area contributed by atoms with Crippen LogP contribution in [0.25, 0.3) is 0 Å². The summed E-state index contributed by atoms with van der Waals surface area (Å²) in [6.07, 6.45) is 3.68. The van der Waals surface area contributed by atoms with Gasteiger partial charge in [-0.3, -0.25) is 4.79 Å². The lowest BCUT2D eigenvalue weighted by Gasteiger charge is -2.63. The number of methoxy groups -OCH3 is 1. The molecule has 7 atom stereocenters. The van der Waals surface area contributed by atoms with Crippen molar-refractivity contribution in [1.82, 2.24) is 0 Å². The molecule has 1 aromatic heterocycles. The Morgan fingerprint density at radius 1 is 1.23 bits per heavy atom. The molecule has 2 fully saturated rings. The maximum Gasteiger partial charge on any atom is 0.313 e. The van der Waals surface area contributed by atoms with Crippen LogP contribution in [-0.4, -0.2) is 35.5 Å². The zero-order chi connectivity index (χ0) is 18.9. The first-order valence-electron chi connectivity index (χ1n) is 9.72. The number of aliphatic hydroxyl groups excluding tert-OH is 2. The highest BCUT2D eigenvalue weighted by atomic mass is 16.5. The van der Waals surface area contributed by atoms with Crippen LogP contribution in [0.1, 0.15) is 57.3 Å². The van der Waals surface area contributed by atoms with E-state index >= 15 is 0 Å². The number of fused-ring (bicyclic) bond motifs is 4. The van der Waals surface area contributed by atoms with Crippen LogP contribution in [0.5, 0.6) is 0 Å². The highest BCUT2D eigenvalue weighted by molar-refractivity contribution is 5.79. The molecular formula is C21H30O5. The first-order chi connectivity index (χ1) is 12.2. The molecule has 3 aliphatic carbocycles. The molecule has 2 N–H and O–H groups in total. The van der Waals surface area contributed by atoms with Gasteiger partial charge >= 0.3 is 5.97 Å². The van der Waals surface area contributed by atoms with Gasteiger partial charge in [-0.1, -0.05) is 27.2 Å². The van der Waals surface area contributed by atoms with E-state index in [0.29, 0.717) is 6.42 Å². The number of esters is 1. The van der Waals surface area contributed by atoms with E-state index in [4.69, 9.17) is 9.15 Å². The van der Waals surface area contributed by atoms with E-state index in [0.717, 1.165) is 30.6 Å². The average molecular weight is 362 g/mol. The van der Waals surface area contributed by atoms with Crippen molar-refractivity contribution in [2.24, 2.45) is 28.6 Å². The maximum atomic E-state index is 12.7. The first-order valence-corrected chi connectivity index (χ1v) is 9.72. The Morgan fingerprint density at radius 3 is 2.65 bits per heavy atom. The van der Waals surface area contributed by atoms with Gasteiger partial charge in [0.2, 0.25) is 0 Å². The van der Waals surface area contributed by atoms with Crippen LogP contribution in [0, 0.1) is 28.6 Å². The molecule has 0 saturated heterocycles. The zero-order valence-corrected chi connectivity index (χ0v) is 16.1. The standard InChI is InChI=1S/C21H30O5/c1-20(2)7-5-8-21(3)12-10-13-11(6-9-26-13)14(19(24)25-4)15(12)16(22)17(23)18(20)21/h6,9,12,14-18,22-23H,5,7-8,10H2,1-4H3/t12-,14+,15+,16+,17-,18-,21+/m0/s1. The van der Waals surface area contributed by atoms with Gasteiger partial charge in [0.1, 0.15) is 5.76 Å². The minimum Gasteiger partial charge on any atom is -0.469 e. The summed E-state index contributed by atoms with van der Waals surface area (Å²) in [5.41, 5.74) is 0.603. The maximum absolute atomic E-state index is 12.7. The molecule has 1 heterocycles. The normalized spacial score (nSPS) is 43.8. The first kappa shape index (κ1) is 18.1. The number of rotatable bonds is 1. The van der Waals surface area contributed by atoms with Gasteiger partial charge < -0.3 is 19.4 Å². The molecular weight excluding hydrogens is 332 g/mol. The summed E-state index contributed by atoms with van der Waals surface area (Å²) in [5.74, 6) is -0.389. The minimum absolute atomic E-state index is 0.00481. The van der Waals surface area contributed by atoms with Gasteiger partial charge in [-0.05, 0) is 41.6 Å². The van der Waals surface area contributed by atoms with Crippen LogP contribution in [0.15, 0.2) is 16.7 Å². The molecule has 144 valence electrons. The van der Waals surface area contributed by atoms with Crippen molar-refractivity contribution < 1.29 is 24.2 Å². The SMILES string of the molecule is COC(=O)[C@@H]1c2ccoc2C[C@H]2[C@H]1[C@@H](O)[C@H](O)[C@H]1C(C)(C)CCC[C@]21C. The lowest BCUT2D eigenvalue weighted by Crippen LogP contribution is -2.65. The van der Waals surface area contributed by atoms with Crippen LogP contribution in [0.3, 0.4) is 0 Å². The third-order valence-corrected chi connectivity index (χ3v) is 7.85. The molecule has 0 amide bonds. The lowest BCUT2D eigenvalue weighted by molar-refractivity contribution is -0.219. The summed E-state index contributed by atoms with van der Waals surface area (Å²) in [7, 11) is 1.38. The molecule has 0 aromatic carbocycles. The minimum atomic E-state index is -0.942. The molecule has 0 unspecified atom stereocenters. The number of carbonyl (C=O) groups is 1. The Balaban J connectivity index is 1.86. The lowest BCUT2D eigenvalue weighted by atomic mass is 9.42. The Kier molecular flexibility index (Phi) is 4.05. The Morgan fingerprint density at radius 2 is 1.96 bits per heavy atom. The summed E-state index contributed by atoms with van der Waals surface area (Å²) in [6.45, 7) is 6.64. The Hall–Kier alpha value is -1.33. The van der Waals surface area contributed by atoms with Crippen molar-refractivity contribution in [3.8, 4) is 0 Å². The topological polar surface area (TPSA) is 79.9 Å². The van der Waals surface area contributed by atoms with Crippen LogP contribution < -0.4 is 0 Å². The van der Waals surface area contributed by atoms with Gasteiger partial charge in [0.25, 0.3) is 0 Å². The Labute approximate surface area is 154 Å². The van der Waals surface area contributed by atoms with E-state index in [1.165, 1.54) is 7.11 Å². The summed E-state index contributed by atoms with van der Waals surface area (Å²) in [4.78, 5) is 12.7. The average Bonchev–Trinajstić information content (AvgIpc) is 3.05. The van der Waals surface area contributed by atoms with Gasteiger partial charge in [-0.2, -0.15) is 0 Å². The predicted molar refractivity (Wildman–Crippen MR) is 95.4 cm³/mol. The quantitative estimate of drug-likeness (QED) is 0.751. The van der Waals surface area contributed by atoms with Gasteiger partial charge in [0.15, 0.2) is 0 Å². The third-order valence-electron chi connectivity index (χ3n) is 7.85. The van der Waals surface area contributed by atoms with Crippen LogP contribution in [0.4, 0.5) is 0 Å². The van der Waals surface area contributed by atoms with Crippen molar-refractivity contribution in [3.63, 3.8) is 0 Å². The van der Waals surface area contributed by atoms with E-state index < -0.39 is 18.1 Å². The number of hydrogen-bond acceptors (Lipinski definition) is 5. The van der Waals surface area contributed by atoms with Gasteiger partial charge in [-0.15, -0.1) is 0 Å². The molecule has 0 bridgehead atoms. The van der Waals surface area contributed by atoms with Crippen molar-refractivity contribution in [1.29, 1.82) is 0 Å². The molecule has 0 aliphatic heterocycles. The summed E-state index contributed by atoms with van der Waals surface area (Å²) >= 11 is 0. The van der Waals surface area contributed by atoms with E-state index in [2.05, 4.69) is 20.8 Å². The monoisotopic (exact) mass is 362 g/mol. The highest BCUT2D eigenvalue weighted by Gasteiger charge is 2.64. The number of ether oxygens (including phenoxy) is 1. The number of hydrogen-bond donors (Lipinski definition) is 2. The molecule has 4 rings (SSSR count). The summed E-state index contributed by atoms with van der Waals surface area (Å²) < 4.78 is 10.8. The van der Waals surface area contributed by atoms with Crippen molar-refractivity contribution in [2.45, 2.75) is 64.6 Å². The fraction of sp³-hybridized carbons (Fsp3) is 0.762. The van der Waals surface area contributed by atoms with Crippen LogP contribution >= 0.6 is 0 Å². The van der Waals surface area contributed by atoms with Gasteiger partial charge in [0, 0.05) is 17.9 Å². The predicted octanol–water partition coefficient (Wildman–Crippen LogP) is 2.89. The van der Waals surface area contributed by atoms with Crippen LogP contribution in [-0.2, 0) is 16.0 Å². The number of furan rings is 1. The second-order valence-electron chi connectivity index (χ2n) is 9.49. The van der Waals surface area contributed by atoms with E-state index in [9.17, 15) is 15.0 Å². The molecule has 26 heavy (non-hydrogen) atoms. The van der Waals surface area contributed by atoms with Gasteiger partial charge in [-0.25, -0.2) is 0 Å². The molecule has 0 radical (unpaired) electrons.